The van der Waals surface area contributed by atoms with Crippen molar-refractivity contribution in [1.29, 1.82) is 0 Å². The highest BCUT2D eigenvalue weighted by molar-refractivity contribution is 8.27. The number of carbonyl (C=O) groups is 3. The third-order valence-corrected chi connectivity index (χ3v) is 4.89. The van der Waals surface area contributed by atoms with Crippen LogP contribution in [-0.2, 0) is 4.79 Å². The van der Waals surface area contributed by atoms with Gasteiger partial charge in [-0.15, -0.1) is 0 Å². The van der Waals surface area contributed by atoms with Gasteiger partial charge < -0.3 is 10.6 Å². The minimum atomic E-state index is -0.381. The summed E-state index contributed by atoms with van der Waals surface area (Å²) in [6, 6.07) is 14.6. The SMILES string of the molecule is Cc1cccc(NC(=O)n2ccc3c(C=C4NC(=O)SC4=O)cccc32)c1. The van der Waals surface area contributed by atoms with Crippen LogP contribution in [0.25, 0.3) is 17.0 Å². The quantitative estimate of drug-likeness (QED) is 0.651. The third-order valence-electron chi connectivity index (χ3n) is 4.20. The number of aryl methyl sites for hydroxylation is 1. The summed E-state index contributed by atoms with van der Waals surface area (Å²) in [4.78, 5) is 35.8. The second-order valence-electron chi connectivity index (χ2n) is 6.13. The molecule has 3 aromatic rings. The van der Waals surface area contributed by atoms with Crippen molar-refractivity contribution in [2.45, 2.75) is 6.92 Å². The maximum Gasteiger partial charge on any atom is 0.330 e. The van der Waals surface area contributed by atoms with Crippen molar-refractivity contribution in [2.24, 2.45) is 0 Å². The number of hydrogen-bond donors (Lipinski definition) is 2. The van der Waals surface area contributed by atoms with Gasteiger partial charge in [0.25, 0.3) is 5.24 Å². The molecule has 1 fully saturated rings. The summed E-state index contributed by atoms with van der Waals surface area (Å²) in [5.74, 6) is 0. The average Bonchev–Trinajstić information content (AvgIpc) is 3.19. The fourth-order valence-corrected chi connectivity index (χ4v) is 3.53. The molecule has 27 heavy (non-hydrogen) atoms. The molecule has 2 aromatic carbocycles. The number of hydrogen-bond acceptors (Lipinski definition) is 4. The Balaban J connectivity index is 1.68. The summed E-state index contributed by atoms with van der Waals surface area (Å²) >= 11 is 0.639. The molecule has 1 aliphatic heterocycles. The number of thioether (sulfide) groups is 1. The number of nitrogens with zero attached hydrogens (tertiary/aromatic N) is 1. The van der Waals surface area contributed by atoms with Crippen LogP contribution in [0.15, 0.2) is 60.4 Å². The van der Waals surface area contributed by atoms with Crippen LogP contribution >= 0.6 is 11.8 Å². The van der Waals surface area contributed by atoms with E-state index < -0.39 is 0 Å². The van der Waals surface area contributed by atoms with Crippen molar-refractivity contribution in [3.8, 4) is 0 Å². The first-order valence-corrected chi connectivity index (χ1v) is 9.06. The predicted octanol–water partition coefficient (Wildman–Crippen LogP) is 4.35. The zero-order valence-electron chi connectivity index (χ0n) is 14.4. The highest BCUT2D eigenvalue weighted by atomic mass is 32.2. The lowest BCUT2D eigenvalue weighted by Gasteiger charge is -2.08. The zero-order chi connectivity index (χ0) is 19.0. The van der Waals surface area contributed by atoms with E-state index in [0.29, 0.717) is 17.3 Å². The highest BCUT2D eigenvalue weighted by Gasteiger charge is 2.25. The Morgan fingerprint density at radius 1 is 1.15 bits per heavy atom. The van der Waals surface area contributed by atoms with Crippen molar-refractivity contribution >= 4 is 50.8 Å². The van der Waals surface area contributed by atoms with Gasteiger partial charge in [-0.05, 0) is 48.4 Å². The maximum absolute atomic E-state index is 12.7. The number of carbonyl (C=O) groups excluding carboxylic acids is 3. The van der Waals surface area contributed by atoms with Gasteiger partial charge in [0.2, 0.25) is 5.12 Å². The van der Waals surface area contributed by atoms with Crippen LogP contribution in [-0.4, -0.2) is 21.0 Å². The molecule has 1 saturated heterocycles. The van der Waals surface area contributed by atoms with Crippen LogP contribution in [0.3, 0.4) is 0 Å². The van der Waals surface area contributed by atoms with Gasteiger partial charge >= 0.3 is 6.03 Å². The molecule has 2 N–H and O–H groups in total. The van der Waals surface area contributed by atoms with Gasteiger partial charge in [-0.25, -0.2) is 4.79 Å². The lowest BCUT2D eigenvalue weighted by atomic mass is 10.1. The molecular weight excluding hydrogens is 362 g/mol. The molecule has 0 spiro atoms. The van der Waals surface area contributed by atoms with E-state index in [1.54, 1.807) is 18.3 Å². The maximum atomic E-state index is 12.7. The number of benzene rings is 2. The van der Waals surface area contributed by atoms with E-state index in [2.05, 4.69) is 10.6 Å². The van der Waals surface area contributed by atoms with E-state index in [1.807, 2.05) is 49.4 Å². The van der Waals surface area contributed by atoms with Gasteiger partial charge in [0.1, 0.15) is 0 Å². The summed E-state index contributed by atoms with van der Waals surface area (Å²) < 4.78 is 1.52. The first-order valence-electron chi connectivity index (χ1n) is 8.24. The summed E-state index contributed by atoms with van der Waals surface area (Å²) in [7, 11) is 0. The number of anilines is 1. The second-order valence-corrected chi connectivity index (χ2v) is 7.07. The van der Waals surface area contributed by atoms with E-state index in [9.17, 15) is 14.4 Å². The van der Waals surface area contributed by atoms with Crippen molar-refractivity contribution in [2.75, 3.05) is 5.32 Å². The number of nitrogens with one attached hydrogen (secondary N) is 2. The smallest absolute Gasteiger partial charge is 0.313 e. The highest BCUT2D eigenvalue weighted by Crippen LogP contribution is 2.26. The lowest BCUT2D eigenvalue weighted by Crippen LogP contribution is -2.18. The molecule has 4 rings (SSSR count). The number of aromatic nitrogens is 1. The summed E-state index contributed by atoms with van der Waals surface area (Å²) in [6.07, 6.45) is 3.31. The fourth-order valence-electron chi connectivity index (χ4n) is 2.98. The van der Waals surface area contributed by atoms with E-state index in [1.165, 1.54) is 4.57 Å². The number of fused-ring (bicyclic) bond motifs is 1. The van der Waals surface area contributed by atoms with E-state index in [-0.39, 0.29) is 22.1 Å². The van der Waals surface area contributed by atoms with Gasteiger partial charge in [-0.1, -0.05) is 24.3 Å². The van der Waals surface area contributed by atoms with Gasteiger partial charge in [0.05, 0.1) is 11.2 Å². The molecule has 1 aromatic heterocycles. The summed E-state index contributed by atoms with van der Waals surface area (Å²) in [5.41, 5.74) is 3.48. The summed E-state index contributed by atoms with van der Waals surface area (Å²) in [5, 5.41) is 5.53. The van der Waals surface area contributed by atoms with Crippen LogP contribution in [0, 0.1) is 6.92 Å². The monoisotopic (exact) mass is 377 g/mol. The molecule has 2 heterocycles. The molecule has 1 aliphatic rings. The van der Waals surface area contributed by atoms with E-state index in [4.69, 9.17) is 0 Å². The molecule has 6 nitrogen and oxygen atoms in total. The Morgan fingerprint density at radius 3 is 2.70 bits per heavy atom. The van der Waals surface area contributed by atoms with Crippen LogP contribution in [0.4, 0.5) is 15.3 Å². The standard InChI is InChI=1S/C20H15N3O3S/c1-12-4-2-6-14(10-12)21-19(25)23-9-8-15-13(5-3-7-17(15)23)11-16-18(24)27-20(26)22-16/h2-11H,1H3,(H,21,25)(H,22,26). The van der Waals surface area contributed by atoms with Crippen molar-refractivity contribution in [1.82, 2.24) is 9.88 Å². The Kier molecular flexibility index (Phi) is 4.29. The molecule has 7 heteroatoms. The predicted molar refractivity (Wildman–Crippen MR) is 107 cm³/mol. The molecule has 0 radical (unpaired) electrons. The summed E-state index contributed by atoms with van der Waals surface area (Å²) in [6.45, 7) is 1.96. The van der Waals surface area contributed by atoms with Gasteiger partial charge in [-0.3, -0.25) is 14.2 Å². The van der Waals surface area contributed by atoms with Gasteiger partial charge in [0, 0.05) is 29.0 Å². The van der Waals surface area contributed by atoms with Crippen LogP contribution in [0.1, 0.15) is 11.1 Å². The first-order chi connectivity index (χ1) is 13.0. The molecule has 0 saturated carbocycles. The molecule has 134 valence electrons. The fraction of sp³-hybridized carbons (Fsp3) is 0.0500. The van der Waals surface area contributed by atoms with E-state index in [0.717, 1.165) is 22.2 Å². The van der Waals surface area contributed by atoms with Crippen molar-refractivity contribution in [3.05, 3.63) is 71.6 Å². The van der Waals surface area contributed by atoms with E-state index >= 15 is 0 Å². The zero-order valence-corrected chi connectivity index (χ0v) is 15.2. The van der Waals surface area contributed by atoms with Crippen LogP contribution in [0.5, 0.6) is 0 Å². The Bertz CT molecular complexity index is 1130. The normalized spacial score (nSPS) is 15.4. The lowest BCUT2D eigenvalue weighted by molar-refractivity contribution is -0.107. The number of amides is 2. The molecule has 2 amide bonds. The topological polar surface area (TPSA) is 80.2 Å². The van der Waals surface area contributed by atoms with Crippen molar-refractivity contribution in [3.63, 3.8) is 0 Å². The Hall–Kier alpha value is -3.32. The van der Waals surface area contributed by atoms with Crippen LogP contribution < -0.4 is 10.6 Å². The van der Waals surface area contributed by atoms with Crippen LogP contribution in [0.2, 0.25) is 0 Å². The molecule has 0 unspecified atom stereocenters. The van der Waals surface area contributed by atoms with Crippen molar-refractivity contribution < 1.29 is 14.4 Å². The van der Waals surface area contributed by atoms with Gasteiger partial charge in [-0.2, -0.15) is 0 Å². The Labute approximate surface area is 159 Å². The average molecular weight is 377 g/mol. The third kappa shape index (κ3) is 3.37. The molecular formula is C20H15N3O3S. The molecule has 0 aliphatic carbocycles. The minimum Gasteiger partial charge on any atom is -0.313 e. The van der Waals surface area contributed by atoms with Gasteiger partial charge in [0.15, 0.2) is 0 Å². The number of rotatable bonds is 2. The first kappa shape index (κ1) is 17.1. The second kappa shape index (κ2) is 6.77. The molecule has 0 bridgehead atoms. The minimum absolute atomic E-state index is 0.245. The molecule has 0 atom stereocenters. The Morgan fingerprint density at radius 2 is 1.96 bits per heavy atom. The largest absolute Gasteiger partial charge is 0.330 e.